The molecule has 1 saturated heterocycles. The number of carbonyl (C=O) groups excluding carboxylic acids is 3. The molecule has 6 N–H and O–H groups in total. The predicted octanol–water partition coefficient (Wildman–Crippen LogP) is -3.84. The fourth-order valence-corrected chi connectivity index (χ4v) is 7.53. The van der Waals surface area contributed by atoms with Crippen LogP contribution in [0.2, 0.25) is 0 Å². The number of imidazole rings is 1. The molecule has 3 rings (SSSR count). The highest BCUT2D eigenvalue weighted by Gasteiger charge is 2.47. The normalized spacial score (nSPS) is 22.6. The molecule has 7 atom stereocenters. The second kappa shape index (κ2) is 17.6. The number of aromatic nitrogens is 4. The molecule has 0 aromatic carbocycles. The Hall–Kier alpha value is -2.44. The summed E-state index contributed by atoms with van der Waals surface area (Å²) in [6.07, 6.45) is -7.55. The van der Waals surface area contributed by atoms with Gasteiger partial charge in [-0.15, -0.1) is 0 Å². The van der Waals surface area contributed by atoms with Crippen molar-refractivity contribution in [3.63, 3.8) is 0 Å². The van der Waals surface area contributed by atoms with Crippen LogP contribution in [0.15, 0.2) is 12.7 Å². The number of phosphoric ester groups is 3. The number of aliphatic hydroxyl groups excluding tert-OH is 2. The van der Waals surface area contributed by atoms with Crippen molar-refractivity contribution in [2.24, 2.45) is 5.41 Å². The number of hydrogen-bond donors (Lipinski definition) is 5. The van der Waals surface area contributed by atoms with Gasteiger partial charge < -0.3 is 69.0 Å². The average molecular weight is 806 g/mol. The molecule has 7 unspecified atom stereocenters. The van der Waals surface area contributed by atoms with Crippen molar-refractivity contribution in [3.8, 4) is 0 Å². The zero-order chi connectivity index (χ0) is 38.4. The van der Waals surface area contributed by atoms with Crippen LogP contribution in [0.4, 0.5) is 5.82 Å². The number of phosphoric acid groups is 3. The van der Waals surface area contributed by atoms with Crippen molar-refractivity contribution >= 4 is 69.1 Å². The number of nitrogens with one attached hydrogen (secondary N) is 2. The van der Waals surface area contributed by atoms with Crippen molar-refractivity contribution < 1.29 is 80.5 Å². The van der Waals surface area contributed by atoms with Crippen LogP contribution in [0, 0.1) is 5.41 Å². The van der Waals surface area contributed by atoms with Gasteiger partial charge in [0.2, 0.25) is 11.8 Å². The van der Waals surface area contributed by atoms with Gasteiger partial charge in [0.1, 0.15) is 36.3 Å². The van der Waals surface area contributed by atoms with Gasteiger partial charge in [-0.05, 0) is 0 Å². The highest BCUT2D eigenvalue weighted by atomic mass is 32.2. The summed E-state index contributed by atoms with van der Waals surface area (Å²) in [5.41, 5.74) is 4.07. The molecular formula is C23H34N7O17P3S-4. The Bertz CT molecular complexity index is 1710. The second-order valence-corrected chi connectivity index (χ2v) is 16.7. The standard InChI is InChI=1S/C23H38N7O17P3S/c1-12(31)51-7-6-25-14(32)4-5-26-21(35)18(34)23(2,3)9-44-50(41,42)47-49(39,40)43-8-13-17(46-48(36,37)38)16(33)22(45-13)30-11-29-15-19(24)27-10-28-20(15)30/h10-11,13,16-18,22,33-34H,4-9H2,1-3H3,(H,25,32)(H,26,35)(H,39,40)(H,41,42)(H2,24,27,28)(H2,36,37,38)/p-4. The Morgan fingerprint density at radius 1 is 1.10 bits per heavy atom. The molecule has 0 radical (unpaired) electrons. The maximum absolute atomic E-state index is 12.4. The molecule has 1 aliphatic heterocycles. The molecule has 2 amide bonds. The quantitative estimate of drug-likeness (QED) is 0.0670. The van der Waals surface area contributed by atoms with Crippen LogP contribution in [0.1, 0.15) is 33.4 Å². The number of amides is 2. The molecule has 0 bridgehead atoms. The largest absolute Gasteiger partial charge is 0.790 e. The smallest absolute Gasteiger partial charge is 0.274 e. The molecule has 288 valence electrons. The number of nitrogens with two attached hydrogens (primary N) is 1. The van der Waals surface area contributed by atoms with Crippen molar-refractivity contribution in [1.82, 2.24) is 30.2 Å². The molecule has 0 spiro atoms. The Labute approximate surface area is 293 Å². The summed E-state index contributed by atoms with van der Waals surface area (Å²) in [5.74, 6) is -1.19. The molecule has 2 aromatic rings. The lowest BCUT2D eigenvalue weighted by atomic mass is 9.87. The monoisotopic (exact) mass is 805 g/mol. The molecule has 0 saturated carbocycles. The number of carbonyl (C=O) groups is 3. The van der Waals surface area contributed by atoms with E-state index >= 15 is 0 Å². The molecule has 2 aromatic heterocycles. The van der Waals surface area contributed by atoms with Gasteiger partial charge in [0.25, 0.3) is 15.6 Å². The third-order valence-electron chi connectivity index (χ3n) is 6.78. The van der Waals surface area contributed by atoms with Gasteiger partial charge in [0.05, 0.1) is 27.4 Å². The Kier molecular flexibility index (Phi) is 14.8. The maximum atomic E-state index is 12.4. The van der Waals surface area contributed by atoms with E-state index in [1.807, 2.05) is 0 Å². The first-order valence-corrected chi connectivity index (χ1v) is 19.8. The van der Waals surface area contributed by atoms with E-state index < -0.39 is 84.6 Å². The van der Waals surface area contributed by atoms with Gasteiger partial charge in [0, 0.05) is 37.6 Å². The number of thioether (sulfide) groups is 1. The molecule has 1 aliphatic rings. The van der Waals surface area contributed by atoms with E-state index in [4.69, 9.17) is 10.5 Å². The first-order chi connectivity index (χ1) is 23.5. The van der Waals surface area contributed by atoms with Crippen molar-refractivity contribution in [3.05, 3.63) is 12.7 Å². The summed E-state index contributed by atoms with van der Waals surface area (Å²) in [7, 11) is -17.6. The molecule has 28 heteroatoms. The lowest BCUT2D eigenvalue weighted by Crippen LogP contribution is -2.46. The number of anilines is 1. The fraction of sp³-hybridized carbons (Fsp3) is 0.652. The number of rotatable bonds is 19. The minimum absolute atomic E-state index is 0.0209. The van der Waals surface area contributed by atoms with Gasteiger partial charge in [-0.1, -0.05) is 25.6 Å². The molecule has 3 heterocycles. The van der Waals surface area contributed by atoms with Crippen molar-refractivity contribution in [2.45, 2.75) is 57.8 Å². The van der Waals surface area contributed by atoms with Crippen LogP contribution >= 0.6 is 35.2 Å². The second-order valence-electron chi connectivity index (χ2n) is 11.3. The van der Waals surface area contributed by atoms with E-state index in [9.17, 15) is 57.9 Å². The number of fused-ring (bicyclic) bond motifs is 1. The van der Waals surface area contributed by atoms with Crippen LogP contribution in [0.25, 0.3) is 11.2 Å². The predicted molar refractivity (Wildman–Crippen MR) is 164 cm³/mol. The van der Waals surface area contributed by atoms with E-state index in [2.05, 4.69) is 43.5 Å². The van der Waals surface area contributed by atoms with E-state index in [1.165, 1.54) is 20.8 Å². The van der Waals surface area contributed by atoms with Crippen LogP contribution in [-0.2, 0) is 50.7 Å². The zero-order valence-electron chi connectivity index (χ0n) is 26.9. The van der Waals surface area contributed by atoms with E-state index in [0.717, 1.165) is 29.0 Å². The summed E-state index contributed by atoms with van der Waals surface area (Å²) >= 11 is 1.01. The van der Waals surface area contributed by atoms with Gasteiger partial charge in [-0.2, -0.15) is 0 Å². The number of hydrogen-bond acceptors (Lipinski definition) is 22. The highest BCUT2D eigenvalue weighted by molar-refractivity contribution is 8.13. The van der Waals surface area contributed by atoms with E-state index in [-0.39, 0.29) is 41.6 Å². The van der Waals surface area contributed by atoms with Crippen molar-refractivity contribution in [1.29, 1.82) is 0 Å². The Morgan fingerprint density at radius 3 is 2.41 bits per heavy atom. The van der Waals surface area contributed by atoms with E-state index in [0.29, 0.717) is 5.75 Å². The third kappa shape index (κ3) is 12.9. The van der Waals surface area contributed by atoms with Crippen LogP contribution < -0.4 is 35.9 Å². The van der Waals surface area contributed by atoms with Crippen LogP contribution in [-0.4, -0.2) is 103 Å². The van der Waals surface area contributed by atoms with Crippen molar-refractivity contribution in [2.75, 3.05) is 37.8 Å². The number of nitrogens with zero attached hydrogens (tertiary/aromatic N) is 4. The topological polar surface area (TPSA) is 375 Å². The van der Waals surface area contributed by atoms with Crippen LogP contribution in [0.5, 0.6) is 0 Å². The summed E-state index contributed by atoms with van der Waals surface area (Å²) in [5, 5.41) is 25.9. The molecule has 24 nitrogen and oxygen atoms in total. The van der Waals surface area contributed by atoms with Crippen LogP contribution in [0.3, 0.4) is 0 Å². The summed E-state index contributed by atoms with van der Waals surface area (Å²) in [6.45, 7) is 1.49. The fourth-order valence-electron chi connectivity index (χ4n) is 4.30. The summed E-state index contributed by atoms with van der Waals surface area (Å²) < 4.78 is 60.2. The minimum Gasteiger partial charge on any atom is -0.790 e. The first-order valence-electron chi connectivity index (χ1n) is 14.5. The first kappa shape index (κ1) is 43.0. The average Bonchev–Trinajstić information content (AvgIpc) is 3.57. The third-order valence-corrected chi connectivity index (χ3v) is 10.6. The van der Waals surface area contributed by atoms with E-state index in [1.54, 1.807) is 0 Å². The summed E-state index contributed by atoms with van der Waals surface area (Å²) in [6, 6.07) is 0. The lowest BCUT2D eigenvalue weighted by molar-refractivity contribution is -0.347. The molecule has 1 fully saturated rings. The molecule has 51 heavy (non-hydrogen) atoms. The SMILES string of the molecule is CC(=O)SCCNC(=O)CCNC(=O)C(O)C(C)(C)COP(=O)([O-])OP(=O)([O-])OCC1OC(n2cnc3c(N)ncnc32)C(O)C1OP(=O)([O-])[O-]. The molecular weight excluding hydrogens is 771 g/mol. The highest BCUT2D eigenvalue weighted by Crippen LogP contribution is 2.56. The zero-order valence-corrected chi connectivity index (χ0v) is 30.4. The van der Waals surface area contributed by atoms with Gasteiger partial charge >= 0.3 is 0 Å². The maximum Gasteiger partial charge on any atom is 0.274 e. The van der Waals surface area contributed by atoms with Gasteiger partial charge in [0.15, 0.2) is 22.8 Å². The molecule has 0 aliphatic carbocycles. The number of ether oxygens (including phenoxy) is 1. The van der Waals surface area contributed by atoms with Gasteiger partial charge in [-0.25, -0.2) is 19.3 Å². The Balaban J connectivity index is 1.55. The number of nitrogen functional groups attached to an aromatic ring is 1. The van der Waals surface area contributed by atoms with Gasteiger partial charge in [-0.3, -0.25) is 28.1 Å². The minimum atomic E-state index is -5.90. The number of aliphatic hydroxyl groups is 2. The Morgan fingerprint density at radius 2 is 1.76 bits per heavy atom. The summed E-state index contributed by atoms with van der Waals surface area (Å²) in [4.78, 5) is 94.3. The lowest BCUT2D eigenvalue weighted by Gasteiger charge is -2.36.